The third-order valence-corrected chi connectivity index (χ3v) is 6.12. The topological polar surface area (TPSA) is 59.1 Å². The first-order chi connectivity index (χ1) is 15.3. The van der Waals surface area contributed by atoms with E-state index in [1.165, 1.54) is 0 Å². The molecule has 0 bridgehead atoms. The Labute approximate surface area is 195 Å². The summed E-state index contributed by atoms with van der Waals surface area (Å²) >= 11 is 6.12. The van der Waals surface area contributed by atoms with Crippen LogP contribution in [0.4, 0.5) is 0 Å². The second-order valence-electron chi connectivity index (χ2n) is 8.31. The van der Waals surface area contributed by atoms with Crippen LogP contribution in [0.3, 0.4) is 0 Å². The number of rotatable bonds is 8. The van der Waals surface area contributed by atoms with Gasteiger partial charge in [-0.2, -0.15) is 0 Å². The van der Waals surface area contributed by atoms with Crippen molar-refractivity contribution in [2.75, 3.05) is 33.4 Å². The number of hydrogen-bond acceptors (Lipinski definition) is 4. The van der Waals surface area contributed by atoms with Crippen LogP contribution in [0.25, 0.3) is 0 Å². The first-order valence-electron chi connectivity index (χ1n) is 10.9. The minimum Gasteiger partial charge on any atom is -0.490 e. The van der Waals surface area contributed by atoms with Gasteiger partial charge in [0, 0.05) is 31.6 Å². The normalized spacial score (nSPS) is 18.3. The molecule has 6 nitrogen and oxygen atoms in total. The predicted octanol–water partition coefficient (Wildman–Crippen LogP) is 4.08. The number of aryl methyl sites for hydroxylation is 1. The second kappa shape index (κ2) is 10.8. The lowest BCUT2D eigenvalue weighted by atomic mass is 9.96. The largest absolute Gasteiger partial charge is 0.490 e. The summed E-state index contributed by atoms with van der Waals surface area (Å²) in [6.07, 6.45) is 0.533. The molecule has 0 radical (unpaired) electrons. The molecule has 1 saturated heterocycles. The maximum absolute atomic E-state index is 13.1. The SMILES string of the molecule is CCC(=O)N1CCOC(COc2ccc(Cl)c(C)c2)(CC(=O)N(C)Cc2ccccc2)C1. The van der Waals surface area contributed by atoms with Gasteiger partial charge in [-0.3, -0.25) is 9.59 Å². The van der Waals surface area contributed by atoms with Gasteiger partial charge in [0.25, 0.3) is 0 Å². The Morgan fingerprint density at radius 1 is 1.22 bits per heavy atom. The van der Waals surface area contributed by atoms with E-state index in [-0.39, 0.29) is 24.8 Å². The molecule has 1 heterocycles. The number of morpholine rings is 1. The Hall–Kier alpha value is -2.57. The number of amides is 2. The fourth-order valence-corrected chi connectivity index (χ4v) is 3.92. The molecule has 7 heteroatoms. The van der Waals surface area contributed by atoms with Gasteiger partial charge < -0.3 is 19.3 Å². The van der Waals surface area contributed by atoms with E-state index in [0.717, 1.165) is 11.1 Å². The molecule has 0 saturated carbocycles. The predicted molar refractivity (Wildman–Crippen MR) is 125 cm³/mol. The van der Waals surface area contributed by atoms with Crippen molar-refractivity contribution >= 4 is 23.4 Å². The van der Waals surface area contributed by atoms with Gasteiger partial charge in [-0.05, 0) is 36.2 Å². The lowest BCUT2D eigenvalue weighted by molar-refractivity contribution is -0.165. The van der Waals surface area contributed by atoms with Crippen LogP contribution in [0, 0.1) is 6.92 Å². The number of carbonyl (C=O) groups is 2. The van der Waals surface area contributed by atoms with E-state index in [2.05, 4.69) is 0 Å². The molecule has 1 fully saturated rings. The van der Waals surface area contributed by atoms with Gasteiger partial charge >= 0.3 is 0 Å². The summed E-state index contributed by atoms with van der Waals surface area (Å²) in [4.78, 5) is 29.0. The van der Waals surface area contributed by atoms with Gasteiger partial charge in [0.05, 0.1) is 19.6 Å². The first-order valence-corrected chi connectivity index (χ1v) is 11.3. The first kappa shape index (κ1) is 24.1. The maximum atomic E-state index is 13.1. The average Bonchev–Trinajstić information content (AvgIpc) is 2.80. The van der Waals surface area contributed by atoms with E-state index in [0.29, 0.717) is 43.4 Å². The Bertz CT molecular complexity index is 937. The smallest absolute Gasteiger partial charge is 0.225 e. The summed E-state index contributed by atoms with van der Waals surface area (Å²) in [5.74, 6) is 0.638. The highest BCUT2D eigenvalue weighted by atomic mass is 35.5. The monoisotopic (exact) mass is 458 g/mol. The second-order valence-corrected chi connectivity index (χ2v) is 8.72. The van der Waals surface area contributed by atoms with Crippen molar-refractivity contribution in [1.29, 1.82) is 0 Å². The van der Waals surface area contributed by atoms with Gasteiger partial charge in [0.2, 0.25) is 11.8 Å². The molecule has 1 aliphatic rings. The quantitative estimate of drug-likeness (QED) is 0.598. The molecule has 2 aromatic rings. The van der Waals surface area contributed by atoms with Crippen molar-refractivity contribution < 1.29 is 19.1 Å². The number of ether oxygens (including phenoxy) is 2. The molecule has 0 aliphatic carbocycles. The summed E-state index contributed by atoms with van der Waals surface area (Å²) in [6.45, 7) is 5.61. The molecule has 0 N–H and O–H groups in total. The molecule has 1 unspecified atom stereocenters. The van der Waals surface area contributed by atoms with E-state index in [4.69, 9.17) is 21.1 Å². The van der Waals surface area contributed by atoms with Gasteiger partial charge in [0.1, 0.15) is 18.0 Å². The molecule has 0 aromatic heterocycles. The van der Waals surface area contributed by atoms with Crippen molar-refractivity contribution in [3.05, 3.63) is 64.7 Å². The van der Waals surface area contributed by atoms with Crippen LogP contribution in [0.2, 0.25) is 5.02 Å². The molecular formula is C25H31ClN2O4. The molecule has 3 rings (SSSR count). The van der Waals surface area contributed by atoms with E-state index >= 15 is 0 Å². The maximum Gasteiger partial charge on any atom is 0.225 e. The number of carbonyl (C=O) groups excluding carboxylic acids is 2. The zero-order valence-electron chi connectivity index (χ0n) is 19.0. The summed E-state index contributed by atoms with van der Waals surface area (Å²) < 4.78 is 12.2. The molecule has 172 valence electrons. The van der Waals surface area contributed by atoms with Crippen molar-refractivity contribution in [2.45, 2.75) is 38.8 Å². The molecular weight excluding hydrogens is 428 g/mol. The third-order valence-electron chi connectivity index (χ3n) is 5.70. The summed E-state index contributed by atoms with van der Waals surface area (Å²) in [6, 6.07) is 15.3. The third kappa shape index (κ3) is 6.24. The van der Waals surface area contributed by atoms with Crippen molar-refractivity contribution in [1.82, 2.24) is 9.80 Å². The van der Waals surface area contributed by atoms with Crippen LogP contribution >= 0.6 is 11.6 Å². The lowest BCUT2D eigenvalue weighted by Crippen LogP contribution is -2.58. The van der Waals surface area contributed by atoms with E-state index in [9.17, 15) is 9.59 Å². The highest BCUT2D eigenvalue weighted by molar-refractivity contribution is 6.31. The van der Waals surface area contributed by atoms with E-state index < -0.39 is 5.60 Å². The zero-order chi connectivity index (χ0) is 23.1. The summed E-state index contributed by atoms with van der Waals surface area (Å²) in [5.41, 5.74) is 1.04. The summed E-state index contributed by atoms with van der Waals surface area (Å²) in [7, 11) is 1.78. The van der Waals surface area contributed by atoms with Crippen LogP contribution in [-0.2, 0) is 20.9 Å². The number of nitrogens with zero attached hydrogens (tertiary/aromatic N) is 2. The Morgan fingerprint density at radius 3 is 2.66 bits per heavy atom. The molecule has 2 aromatic carbocycles. The minimum absolute atomic E-state index is 0.0464. The van der Waals surface area contributed by atoms with Crippen LogP contribution in [0.15, 0.2) is 48.5 Å². The van der Waals surface area contributed by atoms with Crippen LogP contribution in [-0.4, -0.2) is 60.6 Å². The van der Waals surface area contributed by atoms with Gasteiger partial charge in [0.15, 0.2) is 0 Å². The Morgan fingerprint density at radius 2 is 1.97 bits per heavy atom. The lowest BCUT2D eigenvalue weighted by Gasteiger charge is -2.42. The van der Waals surface area contributed by atoms with Crippen LogP contribution in [0.1, 0.15) is 30.9 Å². The average molecular weight is 459 g/mol. The fraction of sp³-hybridized carbons (Fsp3) is 0.440. The zero-order valence-corrected chi connectivity index (χ0v) is 19.7. The molecule has 1 atom stereocenters. The number of halogens is 1. The van der Waals surface area contributed by atoms with E-state index in [1.54, 1.807) is 29.0 Å². The number of hydrogen-bond donors (Lipinski definition) is 0. The van der Waals surface area contributed by atoms with Crippen LogP contribution < -0.4 is 4.74 Å². The highest BCUT2D eigenvalue weighted by Crippen LogP contribution is 2.27. The summed E-state index contributed by atoms with van der Waals surface area (Å²) in [5, 5.41) is 0.665. The van der Waals surface area contributed by atoms with E-state index in [1.807, 2.05) is 50.2 Å². The van der Waals surface area contributed by atoms with Crippen molar-refractivity contribution in [2.24, 2.45) is 0 Å². The highest BCUT2D eigenvalue weighted by Gasteiger charge is 2.41. The minimum atomic E-state index is -0.918. The van der Waals surface area contributed by atoms with Gasteiger partial charge in [-0.15, -0.1) is 0 Å². The van der Waals surface area contributed by atoms with Crippen molar-refractivity contribution in [3.8, 4) is 5.75 Å². The molecule has 0 spiro atoms. The standard InChI is InChI=1S/C25H31ClN2O4/c1-4-23(29)28-12-13-32-25(17-28,18-31-21-10-11-22(26)19(2)14-21)15-24(30)27(3)16-20-8-6-5-7-9-20/h5-11,14H,4,12-13,15-18H2,1-3H3. The molecule has 1 aliphatic heterocycles. The molecule has 32 heavy (non-hydrogen) atoms. The fourth-order valence-electron chi connectivity index (χ4n) is 3.80. The van der Waals surface area contributed by atoms with Crippen molar-refractivity contribution in [3.63, 3.8) is 0 Å². The van der Waals surface area contributed by atoms with Gasteiger partial charge in [-0.25, -0.2) is 0 Å². The number of benzene rings is 2. The van der Waals surface area contributed by atoms with Gasteiger partial charge in [-0.1, -0.05) is 48.9 Å². The Kier molecular flexibility index (Phi) is 8.15. The Balaban J connectivity index is 1.75. The van der Waals surface area contributed by atoms with Crippen LogP contribution in [0.5, 0.6) is 5.75 Å². The molecule has 2 amide bonds.